The van der Waals surface area contributed by atoms with Gasteiger partial charge in [0.25, 0.3) is 5.91 Å². The van der Waals surface area contributed by atoms with Crippen molar-refractivity contribution in [2.24, 2.45) is 0 Å². The Kier molecular flexibility index (Phi) is 5.23. The molecule has 4 rings (SSSR count). The average Bonchev–Trinajstić information content (AvgIpc) is 2.76. The van der Waals surface area contributed by atoms with E-state index in [1.54, 1.807) is 47.6 Å². The summed E-state index contributed by atoms with van der Waals surface area (Å²) in [5.74, 6) is -0.171. The molecule has 28 heavy (non-hydrogen) atoms. The Hall–Kier alpha value is -3.35. The molecule has 7 heteroatoms. The van der Waals surface area contributed by atoms with E-state index in [0.29, 0.717) is 18.8 Å². The third-order valence-corrected chi connectivity index (χ3v) is 4.69. The van der Waals surface area contributed by atoms with Crippen molar-refractivity contribution in [3.05, 3.63) is 78.3 Å². The second-order valence-electron chi connectivity index (χ2n) is 6.62. The highest BCUT2D eigenvalue weighted by atomic mass is 19.1. The monoisotopic (exact) mass is 378 g/mol. The minimum Gasteiger partial charge on any atom is -0.434 e. The normalized spacial score (nSPS) is 16.6. The number of likely N-dealkylation sites (tertiary alicyclic amines) is 1. The average molecular weight is 378 g/mol. The van der Waals surface area contributed by atoms with E-state index in [4.69, 9.17) is 4.74 Å². The van der Waals surface area contributed by atoms with Crippen LogP contribution in [0.2, 0.25) is 0 Å². The van der Waals surface area contributed by atoms with Crippen LogP contribution < -0.4 is 4.74 Å². The van der Waals surface area contributed by atoms with Crippen molar-refractivity contribution in [1.29, 1.82) is 0 Å². The Bertz CT molecular complexity index is 967. The molecular weight excluding hydrogens is 359 g/mol. The number of halogens is 1. The maximum absolute atomic E-state index is 13.8. The first-order valence-electron chi connectivity index (χ1n) is 9.15. The Morgan fingerprint density at radius 2 is 2.00 bits per heavy atom. The molecular formula is C21H19FN4O2. The molecule has 3 heterocycles. The molecule has 1 saturated heterocycles. The number of rotatable bonds is 4. The van der Waals surface area contributed by atoms with Crippen LogP contribution in [0.15, 0.2) is 61.1 Å². The summed E-state index contributed by atoms with van der Waals surface area (Å²) >= 11 is 0. The predicted octanol–water partition coefficient (Wildman–Crippen LogP) is 3.82. The fourth-order valence-corrected chi connectivity index (χ4v) is 3.30. The van der Waals surface area contributed by atoms with Gasteiger partial charge < -0.3 is 9.64 Å². The van der Waals surface area contributed by atoms with Crippen LogP contribution in [0.4, 0.5) is 4.39 Å². The number of hydrogen-bond donors (Lipinski definition) is 0. The van der Waals surface area contributed by atoms with Crippen LogP contribution >= 0.6 is 0 Å². The highest BCUT2D eigenvalue weighted by Crippen LogP contribution is 2.28. The van der Waals surface area contributed by atoms with Crippen molar-refractivity contribution in [2.45, 2.75) is 18.8 Å². The van der Waals surface area contributed by atoms with E-state index in [1.807, 2.05) is 0 Å². The van der Waals surface area contributed by atoms with Gasteiger partial charge in [0.15, 0.2) is 11.6 Å². The molecule has 0 bridgehead atoms. The SMILES string of the molecule is O=C(c1ccccn1)N1CCC[C@@H](c2cncc(Oc3ccccc3F)n2)C1. The van der Waals surface area contributed by atoms with Gasteiger partial charge in [0.05, 0.1) is 11.9 Å². The molecule has 0 N–H and O–H groups in total. The van der Waals surface area contributed by atoms with E-state index >= 15 is 0 Å². The number of amides is 1. The summed E-state index contributed by atoms with van der Waals surface area (Å²) in [6, 6.07) is 11.5. The zero-order chi connectivity index (χ0) is 19.3. The van der Waals surface area contributed by atoms with Crippen LogP contribution in [0.3, 0.4) is 0 Å². The lowest BCUT2D eigenvalue weighted by Gasteiger charge is -2.32. The number of piperidine rings is 1. The van der Waals surface area contributed by atoms with E-state index in [-0.39, 0.29) is 23.5 Å². The molecule has 1 atom stereocenters. The molecule has 6 nitrogen and oxygen atoms in total. The Balaban J connectivity index is 1.49. The first-order valence-corrected chi connectivity index (χ1v) is 9.15. The molecule has 0 saturated carbocycles. The third-order valence-electron chi connectivity index (χ3n) is 4.69. The highest BCUT2D eigenvalue weighted by Gasteiger charge is 2.27. The van der Waals surface area contributed by atoms with E-state index in [1.165, 1.54) is 18.3 Å². The maximum Gasteiger partial charge on any atom is 0.272 e. The summed E-state index contributed by atoms with van der Waals surface area (Å²) in [6.07, 6.45) is 6.50. The third kappa shape index (κ3) is 3.98. The highest BCUT2D eigenvalue weighted by molar-refractivity contribution is 5.92. The number of aromatic nitrogens is 3. The zero-order valence-corrected chi connectivity index (χ0v) is 15.2. The van der Waals surface area contributed by atoms with Crippen molar-refractivity contribution in [3.63, 3.8) is 0 Å². The standard InChI is InChI=1S/C21H19FN4O2/c22-16-7-1-2-9-19(16)28-20-13-23-12-18(25-20)15-6-5-11-26(14-15)21(27)17-8-3-4-10-24-17/h1-4,7-10,12-13,15H,5-6,11,14H2/t15-/m1/s1. The van der Waals surface area contributed by atoms with E-state index in [0.717, 1.165) is 18.5 Å². The number of benzene rings is 1. The topological polar surface area (TPSA) is 68.2 Å². The van der Waals surface area contributed by atoms with Crippen LogP contribution in [0.1, 0.15) is 34.9 Å². The Labute approximate surface area is 162 Å². The second kappa shape index (κ2) is 8.12. The lowest BCUT2D eigenvalue weighted by molar-refractivity contribution is 0.0699. The minimum absolute atomic E-state index is 0.0399. The van der Waals surface area contributed by atoms with E-state index in [9.17, 15) is 9.18 Å². The van der Waals surface area contributed by atoms with Gasteiger partial charge in [-0.15, -0.1) is 0 Å². The van der Waals surface area contributed by atoms with Gasteiger partial charge in [-0.3, -0.25) is 14.8 Å². The molecule has 1 aromatic carbocycles. The predicted molar refractivity (Wildman–Crippen MR) is 101 cm³/mol. The van der Waals surface area contributed by atoms with Crippen molar-refractivity contribution < 1.29 is 13.9 Å². The summed E-state index contributed by atoms with van der Waals surface area (Å²) in [4.78, 5) is 27.3. The van der Waals surface area contributed by atoms with Crippen LogP contribution in [0.5, 0.6) is 11.6 Å². The molecule has 1 aliphatic rings. The van der Waals surface area contributed by atoms with Crippen molar-refractivity contribution in [1.82, 2.24) is 19.9 Å². The fourth-order valence-electron chi connectivity index (χ4n) is 3.30. The fraction of sp³-hybridized carbons (Fsp3) is 0.238. The molecule has 1 amide bonds. The van der Waals surface area contributed by atoms with Gasteiger partial charge in [0.1, 0.15) is 5.69 Å². The lowest BCUT2D eigenvalue weighted by atomic mass is 9.95. The molecule has 3 aromatic rings. The Morgan fingerprint density at radius 1 is 1.14 bits per heavy atom. The Morgan fingerprint density at radius 3 is 2.82 bits per heavy atom. The largest absolute Gasteiger partial charge is 0.434 e. The number of pyridine rings is 1. The van der Waals surface area contributed by atoms with Gasteiger partial charge in [-0.2, -0.15) is 0 Å². The summed E-state index contributed by atoms with van der Waals surface area (Å²) in [5, 5.41) is 0. The number of ether oxygens (including phenoxy) is 1. The van der Waals surface area contributed by atoms with Gasteiger partial charge in [-0.05, 0) is 37.1 Å². The smallest absolute Gasteiger partial charge is 0.272 e. The van der Waals surface area contributed by atoms with Crippen LogP contribution in [0.25, 0.3) is 0 Å². The number of carbonyl (C=O) groups excluding carboxylic acids is 1. The maximum atomic E-state index is 13.8. The van der Waals surface area contributed by atoms with Crippen LogP contribution in [-0.2, 0) is 0 Å². The minimum atomic E-state index is -0.459. The van der Waals surface area contributed by atoms with Gasteiger partial charge in [0.2, 0.25) is 5.88 Å². The molecule has 0 radical (unpaired) electrons. The molecule has 1 fully saturated rings. The lowest BCUT2D eigenvalue weighted by Crippen LogP contribution is -2.39. The van der Waals surface area contributed by atoms with Gasteiger partial charge in [-0.1, -0.05) is 18.2 Å². The van der Waals surface area contributed by atoms with Gasteiger partial charge in [-0.25, -0.2) is 9.37 Å². The van der Waals surface area contributed by atoms with Crippen molar-refractivity contribution >= 4 is 5.91 Å². The molecule has 0 unspecified atom stereocenters. The first-order chi connectivity index (χ1) is 13.7. The zero-order valence-electron chi connectivity index (χ0n) is 15.2. The number of carbonyl (C=O) groups is 1. The number of hydrogen-bond acceptors (Lipinski definition) is 5. The second-order valence-corrected chi connectivity index (χ2v) is 6.62. The summed E-state index contributed by atoms with van der Waals surface area (Å²) < 4.78 is 19.4. The van der Waals surface area contributed by atoms with E-state index < -0.39 is 5.82 Å². The van der Waals surface area contributed by atoms with Crippen LogP contribution in [0, 0.1) is 5.82 Å². The summed E-state index contributed by atoms with van der Waals surface area (Å²) in [5.41, 5.74) is 1.17. The molecule has 142 valence electrons. The summed E-state index contributed by atoms with van der Waals surface area (Å²) in [6.45, 7) is 1.22. The van der Waals surface area contributed by atoms with Gasteiger partial charge in [0, 0.05) is 31.4 Å². The van der Waals surface area contributed by atoms with Crippen molar-refractivity contribution in [2.75, 3.05) is 13.1 Å². The van der Waals surface area contributed by atoms with Crippen molar-refractivity contribution in [3.8, 4) is 11.6 Å². The van der Waals surface area contributed by atoms with E-state index in [2.05, 4.69) is 15.0 Å². The van der Waals surface area contributed by atoms with Gasteiger partial charge >= 0.3 is 0 Å². The molecule has 1 aliphatic heterocycles. The number of para-hydroxylation sites is 1. The summed E-state index contributed by atoms with van der Waals surface area (Å²) in [7, 11) is 0. The molecule has 0 aliphatic carbocycles. The van der Waals surface area contributed by atoms with Crippen LogP contribution in [-0.4, -0.2) is 38.8 Å². The molecule has 0 spiro atoms. The first kappa shape index (κ1) is 18.0. The number of nitrogens with zero attached hydrogens (tertiary/aromatic N) is 4. The quantitative estimate of drug-likeness (QED) is 0.690. The molecule has 2 aromatic heterocycles.